The number of halogens is 4. The van der Waals surface area contributed by atoms with Crippen molar-refractivity contribution in [3.8, 4) is 5.75 Å². The normalized spacial score (nSPS) is 11.1. The molecule has 0 aromatic heterocycles. The second kappa shape index (κ2) is 9.11. The molecule has 0 spiro atoms. The van der Waals surface area contributed by atoms with Gasteiger partial charge in [0.2, 0.25) is 0 Å². The Morgan fingerprint density at radius 2 is 1.81 bits per heavy atom. The molecule has 0 bridgehead atoms. The Hall–Kier alpha value is -1.52. The third-order valence-corrected chi connectivity index (χ3v) is 5.56. The van der Waals surface area contributed by atoms with Crippen LogP contribution in [0, 0.1) is 6.92 Å². The van der Waals surface area contributed by atoms with E-state index < -0.39 is 0 Å². The van der Waals surface area contributed by atoms with Crippen LogP contribution in [0.5, 0.6) is 5.75 Å². The SMILES string of the molecule is Cc1c(Cl)cccc1N=Cc1ccc(OCc2ccc(Cl)cc2Cl)c(Br)c1. The van der Waals surface area contributed by atoms with E-state index in [2.05, 4.69) is 20.9 Å². The van der Waals surface area contributed by atoms with E-state index in [1.54, 1.807) is 18.3 Å². The van der Waals surface area contributed by atoms with Crippen molar-refractivity contribution >= 4 is 62.6 Å². The lowest BCUT2D eigenvalue weighted by Crippen LogP contribution is -1.97. The van der Waals surface area contributed by atoms with Crippen molar-refractivity contribution in [3.05, 3.63) is 90.8 Å². The van der Waals surface area contributed by atoms with Crippen molar-refractivity contribution in [2.24, 2.45) is 4.99 Å². The van der Waals surface area contributed by atoms with Gasteiger partial charge in [-0.15, -0.1) is 0 Å². The first kappa shape index (κ1) is 20.2. The van der Waals surface area contributed by atoms with E-state index in [-0.39, 0.29) is 0 Å². The monoisotopic (exact) mass is 481 g/mol. The molecule has 0 aliphatic carbocycles. The van der Waals surface area contributed by atoms with Gasteiger partial charge in [0.1, 0.15) is 12.4 Å². The molecular formula is C21H15BrCl3NO. The minimum absolute atomic E-state index is 0.351. The maximum Gasteiger partial charge on any atom is 0.134 e. The number of aliphatic imine (C=N–C) groups is 1. The summed E-state index contributed by atoms with van der Waals surface area (Å²) in [4.78, 5) is 4.52. The van der Waals surface area contributed by atoms with Gasteiger partial charge in [-0.05, 0) is 76.4 Å². The van der Waals surface area contributed by atoms with Gasteiger partial charge in [-0.25, -0.2) is 0 Å². The fourth-order valence-corrected chi connectivity index (χ4v) is 3.53. The lowest BCUT2D eigenvalue weighted by Gasteiger charge is -2.10. The van der Waals surface area contributed by atoms with E-state index in [4.69, 9.17) is 39.5 Å². The Morgan fingerprint density at radius 1 is 1.00 bits per heavy atom. The lowest BCUT2D eigenvalue weighted by molar-refractivity contribution is 0.304. The predicted octanol–water partition coefficient (Wildman–Crippen LogP) is 8.05. The van der Waals surface area contributed by atoms with E-state index in [1.165, 1.54) is 0 Å². The van der Waals surface area contributed by atoms with E-state index in [1.807, 2.05) is 49.4 Å². The first-order valence-corrected chi connectivity index (χ1v) is 10.0. The molecule has 0 saturated heterocycles. The molecule has 0 heterocycles. The van der Waals surface area contributed by atoms with Gasteiger partial charge in [-0.2, -0.15) is 0 Å². The second-order valence-corrected chi connectivity index (χ2v) is 7.96. The highest BCUT2D eigenvalue weighted by Crippen LogP contribution is 2.29. The molecule has 0 unspecified atom stereocenters. The Kier molecular flexibility index (Phi) is 6.83. The van der Waals surface area contributed by atoms with Crippen molar-refractivity contribution in [2.75, 3.05) is 0 Å². The first-order valence-electron chi connectivity index (χ1n) is 8.09. The maximum absolute atomic E-state index is 6.18. The van der Waals surface area contributed by atoms with Crippen LogP contribution < -0.4 is 4.74 Å². The highest BCUT2D eigenvalue weighted by Gasteiger charge is 2.06. The molecule has 0 N–H and O–H groups in total. The molecule has 0 aliphatic rings. The average Bonchev–Trinajstić information content (AvgIpc) is 2.63. The molecule has 3 rings (SSSR count). The Morgan fingerprint density at radius 3 is 2.56 bits per heavy atom. The van der Waals surface area contributed by atoms with Crippen molar-refractivity contribution < 1.29 is 4.74 Å². The molecule has 138 valence electrons. The minimum atomic E-state index is 0.351. The zero-order valence-corrected chi connectivity index (χ0v) is 18.2. The van der Waals surface area contributed by atoms with Gasteiger partial charge in [0, 0.05) is 26.8 Å². The van der Waals surface area contributed by atoms with Crippen molar-refractivity contribution in [1.82, 2.24) is 0 Å². The summed E-state index contributed by atoms with van der Waals surface area (Å²) < 4.78 is 6.69. The van der Waals surface area contributed by atoms with Gasteiger partial charge < -0.3 is 4.74 Å². The number of hydrogen-bond acceptors (Lipinski definition) is 2. The number of rotatable bonds is 5. The van der Waals surface area contributed by atoms with Crippen molar-refractivity contribution in [2.45, 2.75) is 13.5 Å². The van der Waals surface area contributed by atoms with Crippen LogP contribution in [0.2, 0.25) is 15.1 Å². The molecule has 0 atom stereocenters. The van der Waals surface area contributed by atoms with Crippen LogP contribution in [0.25, 0.3) is 0 Å². The van der Waals surface area contributed by atoms with Gasteiger partial charge in [-0.1, -0.05) is 46.9 Å². The van der Waals surface area contributed by atoms with Gasteiger partial charge in [0.15, 0.2) is 0 Å². The van der Waals surface area contributed by atoms with Crippen LogP contribution in [0.1, 0.15) is 16.7 Å². The second-order valence-electron chi connectivity index (χ2n) is 5.86. The van der Waals surface area contributed by atoms with Crippen LogP contribution >= 0.6 is 50.7 Å². The van der Waals surface area contributed by atoms with Gasteiger partial charge in [0.25, 0.3) is 0 Å². The summed E-state index contributed by atoms with van der Waals surface area (Å²) in [6.45, 7) is 2.30. The lowest BCUT2D eigenvalue weighted by atomic mass is 10.2. The van der Waals surface area contributed by atoms with Crippen LogP contribution in [-0.2, 0) is 6.61 Å². The van der Waals surface area contributed by atoms with E-state index >= 15 is 0 Å². The maximum atomic E-state index is 6.18. The predicted molar refractivity (Wildman–Crippen MR) is 118 cm³/mol. The van der Waals surface area contributed by atoms with Crippen LogP contribution in [0.4, 0.5) is 5.69 Å². The van der Waals surface area contributed by atoms with Crippen LogP contribution in [0.15, 0.2) is 64.1 Å². The summed E-state index contributed by atoms with van der Waals surface area (Å²) in [5.74, 6) is 0.720. The van der Waals surface area contributed by atoms with Crippen molar-refractivity contribution in [3.63, 3.8) is 0 Å². The Balaban J connectivity index is 1.72. The molecule has 0 aliphatic heterocycles. The third kappa shape index (κ3) is 5.26. The molecule has 0 amide bonds. The smallest absolute Gasteiger partial charge is 0.134 e. The van der Waals surface area contributed by atoms with E-state index in [0.717, 1.165) is 32.6 Å². The summed E-state index contributed by atoms with van der Waals surface area (Å²) >= 11 is 21.8. The third-order valence-electron chi connectivity index (χ3n) is 3.95. The van der Waals surface area contributed by atoms with Crippen LogP contribution in [0.3, 0.4) is 0 Å². The summed E-state index contributed by atoms with van der Waals surface area (Å²) in [7, 11) is 0. The van der Waals surface area contributed by atoms with Crippen molar-refractivity contribution in [1.29, 1.82) is 0 Å². The molecular weight excluding hydrogens is 468 g/mol. The number of hydrogen-bond donors (Lipinski definition) is 0. The zero-order chi connectivity index (χ0) is 19.4. The molecule has 2 nitrogen and oxygen atoms in total. The Labute approximate surface area is 181 Å². The fraction of sp³-hybridized carbons (Fsp3) is 0.0952. The summed E-state index contributed by atoms with van der Waals surface area (Å²) in [5.41, 5.74) is 3.61. The van der Waals surface area contributed by atoms with E-state index in [9.17, 15) is 0 Å². The standard InChI is InChI=1S/C21H15BrCl3NO/c1-13-18(24)3-2-4-20(13)26-11-14-5-8-21(17(22)9-14)27-12-15-6-7-16(23)10-19(15)25/h2-11H,12H2,1H3. The summed E-state index contributed by atoms with van der Waals surface area (Å²) in [6, 6.07) is 16.8. The highest BCUT2D eigenvalue weighted by molar-refractivity contribution is 9.10. The van der Waals surface area contributed by atoms with Gasteiger partial charge in [-0.3, -0.25) is 4.99 Å². The van der Waals surface area contributed by atoms with Gasteiger partial charge in [0.05, 0.1) is 10.2 Å². The van der Waals surface area contributed by atoms with Gasteiger partial charge >= 0.3 is 0 Å². The zero-order valence-electron chi connectivity index (χ0n) is 14.3. The van der Waals surface area contributed by atoms with Crippen LogP contribution in [-0.4, -0.2) is 6.21 Å². The topological polar surface area (TPSA) is 21.6 Å². The number of benzene rings is 3. The number of ether oxygens (including phenoxy) is 1. The molecule has 27 heavy (non-hydrogen) atoms. The fourth-order valence-electron chi connectivity index (χ4n) is 2.39. The first-order chi connectivity index (χ1) is 12.9. The molecule has 0 saturated carbocycles. The Bertz CT molecular complexity index is 1000. The highest BCUT2D eigenvalue weighted by atomic mass is 79.9. The quantitative estimate of drug-likeness (QED) is 0.337. The summed E-state index contributed by atoms with van der Waals surface area (Å²) in [6.07, 6.45) is 1.79. The van der Waals surface area contributed by atoms with E-state index in [0.29, 0.717) is 21.7 Å². The minimum Gasteiger partial charge on any atom is -0.488 e. The average molecular weight is 484 g/mol. The molecule has 0 radical (unpaired) electrons. The summed E-state index contributed by atoms with van der Waals surface area (Å²) in [5, 5.41) is 1.89. The largest absolute Gasteiger partial charge is 0.488 e. The number of nitrogens with zero attached hydrogens (tertiary/aromatic N) is 1. The molecule has 3 aromatic carbocycles. The molecule has 6 heteroatoms. The molecule has 3 aromatic rings. The molecule has 0 fully saturated rings.